The van der Waals surface area contributed by atoms with Crippen LogP contribution in [0.3, 0.4) is 0 Å². The summed E-state index contributed by atoms with van der Waals surface area (Å²) < 4.78 is 6.92. The van der Waals surface area contributed by atoms with Gasteiger partial charge in [-0.1, -0.05) is 0 Å². The molecule has 0 spiro atoms. The molecule has 0 N–H and O–H groups in total. The van der Waals surface area contributed by atoms with Crippen LogP contribution >= 0.6 is 0 Å². The van der Waals surface area contributed by atoms with Gasteiger partial charge in [0, 0.05) is 37.9 Å². The van der Waals surface area contributed by atoms with Gasteiger partial charge in [0.15, 0.2) is 0 Å². The lowest BCUT2D eigenvalue weighted by atomic mass is 10.1. The van der Waals surface area contributed by atoms with E-state index >= 15 is 0 Å². The summed E-state index contributed by atoms with van der Waals surface area (Å²) in [6.07, 6.45) is 5.15. The Bertz CT molecular complexity index is 824. The number of anilines is 1. The second-order valence-electron chi connectivity index (χ2n) is 4.95. The average Bonchev–Trinajstić information content (AvgIpc) is 2.95. The van der Waals surface area contributed by atoms with Gasteiger partial charge in [0.2, 0.25) is 5.88 Å². The standard InChI is InChI=1S/C16H16N4O2/c1-19-9-7-12-13(6-8-17-15(12)19)16(21)20(2)11-4-5-14(22-3)18-10-11/h4-10H,1-3H3. The molecule has 0 atom stereocenters. The molecule has 0 aliphatic rings. The molecule has 0 unspecified atom stereocenters. The maximum Gasteiger partial charge on any atom is 0.258 e. The summed E-state index contributed by atoms with van der Waals surface area (Å²) in [6, 6.07) is 7.16. The Morgan fingerprint density at radius 3 is 2.73 bits per heavy atom. The fourth-order valence-electron chi connectivity index (χ4n) is 2.34. The molecule has 0 fully saturated rings. The van der Waals surface area contributed by atoms with Crippen LogP contribution < -0.4 is 9.64 Å². The normalized spacial score (nSPS) is 10.7. The third-order valence-corrected chi connectivity index (χ3v) is 3.62. The van der Waals surface area contributed by atoms with E-state index in [1.807, 2.05) is 23.9 Å². The van der Waals surface area contributed by atoms with Gasteiger partial charge in [-0.15, -0.1) is 0 Å². The van der Waals surface area contributed by atoms with Crippen LogP contribution in [0.2, 0.25) is 0 Å². The van der Waals surface area contributed by atoms with Gasteiger partial charge in [-0.05, 0) is 18.2 Å². The van der Waals surface area contributed by atoms with Crippen molar-refractivity contribution >= 4 is 22.6 Å². The molecule has 0 radical (unpaired) electrons. The predicted molar refractivity (Wildman–Crippen MR) is 84.2 cm³/mol. The Morgan fingerprint density at radius 1 is 1.23 bits per heavy atom. The van der Waals surface area contributed by atoms with Crippen molar-refractivity contribution in [2.75, 3.05) is 19.1 Å². The van der Waals surface area contributed by atoms with Gasteiger partial charge in [0.05, 0.1) is 24.6 Å². The summed E-state index contributed by atoms with van der Waals surface area (Å²) in [5, 5.41) is 0.836. The molecule has 3 rings (SSSR count). The smallest absolute Gasteiger partial charge is 0.258 e. The number of amides is 1. The molecular weight excluding hydrogens is 280 g/mol. The number of rotatable bonds is 3. The van der Waals surface area contributed by atoms with Crippen LogP contribution in [-0.4, -0.2) is 34.6 Å². The number of hydrogen-bond acceptors (Lipinski definition) is 4. The highest BCUT2D eigenvalue weighted by Gasteiger charge is 2.18. The lowest BCUT2D eigenvalue weighted by molar-refractivity contribution is 0.0994. The molecule has 0 aliphatic heterocycles. The van der Waals surface area contributed by atoms with E-state index in [0.29, 0.717) is 17.1 Å². The van der Waals surface area contributed by atoms with Crippen molar-refractivity contribution in [3.05, 3.63) is 48.4 Å². The van der Waals surface area contributed by atoms with Crippen molar-refractivity contribution in [1.29, 1.82) is 0 Å². The Labute approximate surface area is 128 Å². The maximum absolute atomic E-state index is 12.8. The lowest BCUT2D eigenvalue weighted by Gasteiger charge is -2.17. The van der Waals surface area contributed by atoms with Crippen LogP contribution in [0.15, 0.2) is 42.9 Å². The van der Waals surface area contributed by atoms with Crippen molar-refractivity contribution < 1.29 is 9.53 Å². The molecule has 1 amide bonds. The molecule has 0 bridgehead atoms. The minimum atomic E-state index is -0.106. The van der Waals surface area contributed by atoms with Gasteiger partial charge >= 0.3 is 0 Å². The Morgan fingerprint density at radius 2 is 2.05 bits per heavy atom. The number of carbonyl (C=O) groups excluding carboxylic acids is 1. The van der Waals surface area contributed by atoms with E-state index in [-0.39, 0.29) is 5.91 Å². The number of ether oxygens (including phenoxy) is 1. The van der Waals surface area contributed by atoms with Crippen LogP contribution in [0.1, 0.15) is 10.4 Å². The first kappa shape index (κ1) is 14.1. The van der Waals surface area contributed by atoms with Crippen molar-refractivity contribution in [1.82, 2.24) is 14.5 Å². The molecule has 22 heavy (non-hydrogen) atoms. The first-order chi connectivity index (χ1) is 10.6. The van der Waals surface area contributed by atoms with E-state index < -0.39 is 0 Å². The first-order valence-electron chi connectivity index (χ1n) is 6.80. The number of aromatic nitrogens is 3. The summed E-state index contributed by atoms with van der Waals surface area (Å²) >= 11 is 0. The van der Waals surface area contributed by atoms with Gasteiger partial charge in [-0.2, -0.15) is 0 Å². The summed E-state index contributed by atoms with van der Waals surface area (Å²) in [4.78, 5) is 22.7. The van der Waals surface area contributed by atoms with Gasteiger partial charge < -0.3 is 14.2 Å². The van der Waals surface area contributed by atoms with Gasteiger partial charge in [-0.3, -0.25) is 4.79 Å². The maximum atomic E-state index is 12.8. The average molecular weight is 296 g/mol. The molecular formula is C16H16N4O2. The van der Waals surface area contributed by atoms with Crippen LogP contribution in [-0.2, 0) is 7.05 Å². The van der Waals surface area contributed by atoms with Crippen LogP contribution in [0.4, 0.5) is 5.69 Å². The van der Waals surface area contributed by atoms with Gasteiger partial charge in [-0.25, -0.2) is 9.97 Å². The zero-order chi connectivity index (χ0) is 15.7. The summed E-state index contributed by atoms with van der Waals surface area (Å²) in [5.74, 6) is 0.407. The molecule has 112 valence electrons. The number of aryl methyl sites for hydroxylation is 1. The Hall–Kier alpha value is -2.89. The highest BCUT2D eigenvalue weighted by atomic mass is 16.5. The summed E-state index contributed by atoms with van der Waals surface area (Å²) in [5.41, 5.74) is 2.10. The minimum Gasteiger partial charge on any atom is -0.481 e. The lowest BCUT2D eigenvalue weighted by Crippen LogP contribution is -2.26. The second-order valence-corrected chi connectivity index (χ2v) is 4.95. The van der Waals surface area contributed by atoms with E-state index in [0.717, 1.165) is 11.0 Å². The molecule has 3 aromatic rings. The zero-order valence-corrected chi connectivity index (χ0v) is 12.6. The molecule has 0 saturated carbocycles. The van der Waals surface area contributed by atoms with Crippen molar-refractivity contribution in [2.24, 2.45) is 7.05 Å². The quantitative estimate of drug-likeness (QED) is 0.744. The van der Waals surface area contributed by atoms with Crippen LogP contribution in [0.25, 0.3) is 11.0 Å². The molecule has 3 heterocycles. The zero-order valence-electron chi connectivity index (χ0n) is 12.6. The Kier molecular flexibility index (Phi) is 3.50. The van der Waals surface area contributed by atoms with E-state index in [9.17, 15) is 4.79 Å². The highest BCUT2D eigenvalue weighted by molar-refractivity contribution is 6.12. The first-order valence-corrected chi connectivity index (χ1v) is 6.80. The summed E-state index contributed by atoms with van der Waals surface area (Å²) in [6.45, 7) is 0. The number of nitrogens with zero attached hydrogens (tertiary/aromatic N) is 4. The number of hydrogen-bond donors (Lipinski definition) is 0. The van der Waals surface area contributed by atoms with Gasteiger partial charge in [0.1, 0.15) is 5.65 Å². The molecule has 0 aromatic carbocycles. The second kappa shape index (κ2) is 5.48. The molecule has 6 heteroatoms. The Balaban J connectivity index is 1.97. The van der Waals surface area contributed by atoms with Crippen LogP contribution in [0.5, 0.6) is 5.88 Å². The topological polar surface area (TPSA) is 60.2 Å². The number of pyridine rings is 2. The van der Waals surface area contributed by atoms with E-state index in [2.05, 4.69) is 9.97 Å². The predicted octanol–water partition coefficient (Wildman–Crippen LogP) is 2.25. The molecule has 6 nitrogen and oxygen atoms in total. The number of carbonyl (C=O) groups is 1. The molecule has 0 aliphatic carbocycles. The van der Waals surface area contributed by atoms with Crippen molar-refractivity contribution in [2.45, 2.75) is 0 Å². The van der Waals surface area contributed by atoms with Crippen molar-refractivity contribution in [3.63, 3.8) is 0 Å². The third-order valence-electron chi connectivity index (χ3n) is 3.62. The number of methoxy groups -OCH3 is 1. The fourth-order valence-corrected chi connectivity index (χ4v) is 2.34. The number of fused-ring (bicyclic) bond motifs is 1. The molecule has 3 aromatic heterocycles. The van der Waals surface area contributed by atoms with Crippen LogP contribution in [0, 0.1) is 0 Å². The van der Waals surface area contributed by atoms with Crippen molar-refractivity contribution in [3.8, 4) is 5.88 Å². The van der Waals surface area contributed by atoms with Gasteiger partial charge in [0.25, 0.3) is 5.91 Å². The highest BCUT2D eigenvalue weighted by Crippen LogP contribution is 2.22. The minimum absolute atomic E-state index is 0.106. The van der Waals surface area contributed by atoms with E-state index in [1.54, 1.807) is 49.7 Å². The fraction of sp³-hybridized carbons (Fsp3) is 0.188. The van der Waals surface area contributed by atoms with E-state index in [1.165, 1.54) is 0 Å². The van der Waals surface area contributed by atoms with E-state index in [4.69, 9.17) is 4.74 Å². The summed E-state index contributed by atoms with van der Waals surface area (Å²) in [7, 11) is 5.18. The monoisotopic (exact) mass is 296 g/mol. The molecule has 0 saturated heterocycles. The largest absolute Gasteiger partial charge is 0.481 e. The third kappa shape index (κ3) is 2.28. The SMILES string of the molecule is COc1ccc(N(C)C(=O)c2ccnc3c2ccn3C)cn1.